The highest BCUT2D eigenvalue weighted by Gasteiger charge is 2.06. The van der Waals surface area contributed by atoms with Gasteiger partial charge in [-0.15, -0.1) is 0 Å². The molecular weight excluding hydrogens is 256 g/mol. The molecule has 0 bridgehead atoms. The van der Waals surface area contributed by atoms with Crippen LogP contribution in [0.4, 0.5) is 0 Å². The molecule has 0 aliphatic rings. The second-order valence-electron chi connectivity index (χ2n) is 4.57. The molecule has 0 amide bonds. The number of nitriles is 1. The van der Waals surface area contributed by atoms with Crippen LogP contribution < -0.4 is 5.56 Å². The van der Waals surface area contributed by atoms with Crippen LogP contribution in [0.1, 0.15) is 43.9 Å². The van der Waals surface area contributed by atoms with Crippen molar-refractivity contribution in [2.75, 3.05) is 6.61 Å². The van der Waals surface area contributed by atoms with Gasteiger partial charge in [0.1, 0.15) is 11.6 Å². The summed E-state index contributed by atoms with van der Waals surface area (Å²) in [6, 6.07) is 5.23. The first kappa shape index (κ1) is 16.0. The summed E-state index contributed by atoms with van der Waals surface area (Å²) in [5.41, 5.74) is 0.777. The number of rotatable bonds is 7. The number of aromatic nitrogens is 1. The number of hydrogen-bond donors (Lipinski definition) is 0. The molecule has 0 saturated carbocycles. The van der Waals surface area contributed by atoms with Crippen LogP contribution in [0.15, 0.2) is 16.9 Å². The summed E-state index contributed by atoms with van der Waals surface area (Å²) in [6.07, 6.45) is 2.82. The molecule has 0 N–H and O–H groups in total. The van der Waals surface area contributed by atoms with E-state index in [0.29, 0.717) is 19.6 Å². The molecule has 1 heterocycles. The average molecular weight is 276 g/mol. The van der Waals surface area contributed by atoms with Gasteiger partial charge in [-0.3, -0.25) is 9.59 Å². The van der Waals surface area contributed by atoms with E-state index >= 15 is 0 Å². The van der Waals surface area contributed by atoms with Crippen molar-refractivity contribution in [3.8, 4) is 6.07 Å². The molecule has 0 aliphatic carbocycles. The van der Waals surface area contributed by atoms with E-state index in [9.17, 15) is 9.59 Å². The topological polar surface area (TPSA) is 72.1 Å². The van der Waals surface area contributed by atoms with E-state index in [4.69, 9.17) is 10.00 Å². The highest BCUT2D eigenvalue weighted by molar-refractivity contribution is 5.69. The molecule has 1 aromatic rings. The van der Waals surface area contributed by atoms with Crippen LogP contribution in [0.2, 0.25) is 0 Å². The minimum Gasteiger partial charge on any atom is -0.466 e. The van der Waals surface area contributed by atoms with Gasteiger partial charge in [0.15, 0.2) is 0 Å². The number of carbonyl (C=O) groups excluding carboxylic acids is 1. The Morgan fingerprint density at radius 1 is 1.35 bits per heavy atom. The molecule has 0 saturated heterocycles. The van der Waals surface area contributed by atoms with E-state index in [1.54, 1.807) is 23.6 Å². The zero-order valence-electron chi connectivity index (χ0n) is 12.0. The van der Waals surface area contributed by atoms with Crippen molar-refractivity contribution in [1.29, 1.82) is 5.26 Å². The van der Waals surface area contributed by atoms with Gasteiger partial charge in [0, 0.05) is 18.7 Å². The van der Waals surface area contributed by atoms with Gasteiger partial charge in [0.2, 0.25) is 0 Å². The normalized spacial score (nSPS) is 10.1. The molecule has 0 atom stereocenters. The lowest BCUT2D eigenvalue weighted by atomic mass is 10.2. The monoisotopic (exact) mass is 276 g/mol. The fraction of sp³-hybridized carbons (Fsp3) is 0.533. The fourth-order valence-electron chi connectivity index (χ4n) is 1.98. The van der Waals surface area contributed by atoms with E-state index in [1.807, 2.05) is 13.0 Å². The second kappa shape index (κ2) is 8.16. The zero-order chi connectivity index (χ0) is 15.0. The van der Waals surface area contributed by atoms with Gasteiger partial charge >= 0.3 is 5.97 Å². The van der Waals surface area contributed by atoms with Gasteiger partial charge in [-0.25, -0.2) is 0 Å². The first-order valence-electron chi connectivity index (χ1n) is 6.86. The predicted molar refractivity (Wildman–Crippen MR) is 75.3 cm³/mol. The number of pyridine rings is 1. The number of unbranched alkanes of at least 4 members (excludes halogenated alkanes) is 2. The van der Waals surface area contributed by atoms with Gasteiger partial charge in [-0.2, -0.15) is 5.26 Å². The minimum absolute atomic E-state index is 0.169. The maximum Gasteiger partial charge on any atom is 0.305 e. The van der Waals surface area contributed by atoms with Crippen LogP contribution in [0.25, 0.3) is 0 Å². The second-order valence-corrected chi connectivity index (χ2v) is 4.57. The minimum atomic E-state index is -0.238. The van der Waals surface area contributed by atoms with Gasteiger partial charge < -0.3 is 9.30 Å². The molecule has 5 nitrogen and oxygen atoms in total. The average Bonchev–Trinajstić information content (AvgIpc) is 2.42. The number of nitrogens with zero attached hydrogens (tertiary/aromatic N) is 2. The quantitative estimate of drug-likeness (QED) is 0.565. The first-order chi connectivity index (χ1) is 9.60. The Bertz CT molecular complexity index is 555. The number of carbonyl (C=O) groups is 1. The molecule has 20 heavy (non-hydrogen) atoms. The first-order valence-corrected chi connectivity index (χ1v) is 6.86. The molecule has 0 aromatic carbocycles. The number of esters is 1. The van der Waals surface area contributed by atoms with Crippen LogP contribution in [-0.4, -0.2) is 17.1 Å². The van der Waals surface area contributed by atoms with E-state index < -0.39 is 0 Å². The van der Waals surface area contributed by atoms with Gasteiger partial charge in [0.25, 0.3) is 5.56 Å². The summed E-state index contributed by atoms with van der Waals surface area (Å²) in [5.74, 6) is -0.174. The van der Waals surface area contributed by atoms with Crippen molar-refractivity contribution in [1.82, 2.24) is 4.57 Å². The third-order valence-corrected chi connectivity index (χ3v) is 3.08. The van der Waals surface area contributed by atoms with Crippen molar-refractivity contribution < 1.29 is 9.53 Å². The smallest absolute Gasteiger partial charge is 0.305 e. The summed E-state index contributed by atoms with van der Waals surface area (Å²) >= 11 is 0. The van der Waals surface area contributed by atoms with Crippen LogP contribution in [0, 0.1) is 18.3 Å². The summed E-state index contributed by atoms with van der Waals surface area (Å²) in [6.45, 7) is 4.62. The molecule has 0 aliphatic heterocycles. The summed E-state index contributed by atoms with van der Waals surface area (Å²) < 4.78 is 6.46. The van der Waals surface area contributed by atoms with Crippen LogP contribution >= 0.6 is 0 Å². The Morgan fingerprint density at radius 2 is 2.10 bits per heavy atom. The Kier molecular flexibility index (Phi) is 6.51. The van der Waals surface area contributed by atoms with Crippen molar-refractivity contribution in [3.63, 3.8) is 0 Å². The van der Waals surface area contributed by atoms with Gasteiger partial charge in [-0.05, 0) is 38.8 Å². The van der Waals surface area contributed by atoms with Crippen LogP contribution in [0.3, 0.4) is 0 Å². The maximum atomic E-state index is 11.9. The lowest BCUT2D eigenvalue weighted by Crippen LogP contribution is -2.24. The lowest BCUT2D eigenvalue weighted by Gasteiger charge is -2.09. The zero-order valence-corrected chi connectivity index (χ0v) is 12.0. The van der Waals surface area contributed by atoms with Crippen LogP contribution in [0.5, 0.6) is 0 Å². The molecule has 108 valence electrons. The third kappa shape index (κ3) is 4.54. The van der Waals surface area contributed by atoms with Crippen molar-refractivity contribution in [2.45, 2.75) is 46.1 Å². The molecule has 5 heteroatoms. The Labute approximate surface area is 118 Å². The summed E-state index contributed by atoms with van der Waals surface area (Å²) in [5, 5.41) is 8.84. The van der Waals surface area contributed by atoms with E-state index in [2.05, 4.69) is 0 Å². The molecule has 0 unspecified atom stereocenters. The SMILES string of the molecule is CCOC(=O)CCCCCn1c(C)ccc(C#N)c1=O. The molecular formula is C15H20N2O3. The van der Waals surface area contributed by atoms with E-state index in [-0.39, 0.29) is 17.1 Å². The number of aryl methyl sites for hydroxylation is 1. The summed E-state index contributed by atoms with van der Waals surface area (Å²) in [7, 11) is 0. The van der Waals surface area contributed by atoms with Crippen molar-refractivity contribution >= 4 is 5.97 Å². The number of hydrogen-bond acceptors (Lipinski definition) is 4. The Morgan fingerprint density at radius 3 is 2.75 bits per heavy atom. The predicted octanol–water partition coefficient (Wildman–Crippen LogP) is 2.15. The highest BCUT2D eigenvalue weighted by Crippen LogP contribution is 2.05. The molecule has 1 rings (SSSR count). The summed E-state index contributed by atoms with van der Waals surface area (Å²) in [4.78, 5) is 23.1. The fourth-order valence-corrected chi connectivity index (χ4v) is 1.98. The van der Waals surface area contributed by atoms with Crippen molar-refractivity contribution in [3.05, 3.63) is 33.7 Å². The molecule has 0 radical (unpaired) electrons. The Balaban J connectivity index is 2.45. The standard InChI is InChI=1S/C15H20N2O3/c1-3-20-14(18)7-5-4-6-10-17-12(2)8-9-13(11-16)15(17)19/h8-9H,3-7,10H2,1-2H3. The maximum absolute atomic E-state index is 11.9. The molecule has 0 spiro atoms. The van der Waals surface area contributed by atoms with Gasteiger partial charge in [0.05, 0.1) is 6.61 Å². The number of ether oxygens (including phenoxy) is 1. The van der Waals surface area contributed by atoms with Gasteiger partial charge in [-0.1, -0.05) is 6.42 Å². The lowest BCUT2D eigenvalue weighted by molar-refractivity contribution is -0.143. The third-order valence-electron chi connectivity index (χ3n) is 3.08. The van der Waals surface area contributed by atoms with Crippen molar-refractivity contribution in [2.24, 2.45) is 0 Å². The van der Waals surface area contributed by atoms with E-state index in [0.717, 1.165) is 25.0 Å². The van der Waals surface area contributed by atoms with Crippen LogP contribution in [-0.2, 0) is 16.1 Å². The van der Waals surface area contributed by atoms with E-state index in [1.165, 1.54) is 0 Å². The Hall–Kier alpha value is -2.09. The highest BCUT2D eigenvalue weighted by atomic mass is 16.5. The molecule has 1 aromatic heterocycles. The largest absolute Gasteiger partial charge is 0.466 e. The molecule has 0 fully saturated rings.